The molecule has 0 saturated carbocycles. The maximum absolute atomic E-state index is 10.4. The van der Waals surface area contributed by atoms with Gasteiger partial charge in [0.15, 0.2) is 17.2 Å². The normalized spacial score (nSPS) is 16.4. The van der Waals surface area contributed by atoms with Crippen LogP contribution in [-0.2, 0) is 4.74 Å². The summed E-state index contributed by atoms with van der Waals surface area (Å²) in [6.45, 7) is 0. The van der Waals surface area contributed by atoms with Gasteiger partial charge in [-0.15, -0.1) is 0 Å². The lowest BCUT2D eigenvalue weighted by molar-refractivity contribution is -0.713. The van der Waals surface area contributed by atoms with Crippen molar-refractivity contribution in [3.8, 4) is 5.75 Å². The predicted molar refractivity (Wildman–Crippen MR) is 74.0 cm³/mol. The molecule has 1 aliphatic rings. The van der Waals surface area contributed by atoms with Crippen molar-refractivity contribution in [2.45, 2.75) is 6.42 Å². The molecule has 0 atom stereocenters. The zero-order valence-corrected chi connectivity index (χ0v) is 11.3. The number of benzene rings is 1. The minimum Gasteiger partial charge on any atom is -0.494 e. The first-order chi connectivity index (χ1) is 9.72. The standard InChI is InChI=1S/C14H17N2O4/c1-19-12-8-4-3-6-10(12)16(18)11-7-5-9-13(20-2)14(11)15-17/h3-5,7-9,15,17-18H,6H2,1-2H3/q+1/b16-10-. The zero-order chi connectivity index (χ0) is 14.5. The molecule has 6 nitrogen and oxygen atoms in total. The molecule has 1 aromatic rings. The van der Waals surface area contributed by atoms with E-state index in [2.05, 4.69) is 0 Å². The van der Waals surface area contributed by atoms with E-state index >= 15 is 0 Å². The van der Waals surface area contributed by atoms with Crippen molar-refractivity contribution < 1.29 is 24.6 Å². The number of nitrogens with one attached hydrogen (secondary N) is 1. The molecule has 0 saturated heterocycles. The average molecular weight is 277 g/mol. The van der Waals surface area contributed by atoms with Gasteiger partial charge in [0.2, 0.25) is 0 Å². The van der Waals surface area contributed by atoms with Crippen molar-refractivity contribution in [3.63, 3.8) is 0 Å². The molecule has 106 valence electrons. The Morgan fingerprint density at radius 3 is 2.70 bits per heavy atom. The lowest BCUT2D eigenvalue weighted by Crippen LogP contribution is -2.19. The Morgan fingerprint density at radius 1 is 1.25 bits per heavy atom. The van der Waals surface area contributed by atoms with Crippen LogP contribution in [0.2, 0.25) is 0 Å². The number of hydrogen-bond acceptors (Lipinski definition) is 5. The van der Waals surface area contributed by atoms with Crippen molar-refractivity contribution in [3.05, 3.63) is 42.2 Å². The molecular formula is C14H17N2O4+. The van der Waals surface area contributed by atoms with Crippen LogP contribution in [0.25, 0.3) is 0 Å². The highest BCUT2D eigenvalue weighted by molar-refractivity contribution is 5.97. The molecule has 1 aliphatic carbocycles. The number of nitrogens with zero attached hydrogens (tertiary/aromatic N) is 1. The fourth-order valence-corrected chi connectivity index (χ4v) is 2.03. The summed E-state index contributed by atoms with van der Waals surface area (Å²) in [5.74, 6) is 0.973. The average Bonchev–Trinajstić information content (AvgIpc) is 2.53. The summed E-state index contributed by atoms with van der Waals surface area (Å²) in [6, 6.07) is 5.04. The van der Waals surface area contributed by atoms with Gasteiger partial charge in [0.25, 0.3) is 11.4 Å². The molecule has 0 aliphatic heterocycles. The van der Waals surface area contributed by atoms with Gasteiger partial charge in [0.05, 0.1) is 20.6 Å². The Labute approximate surface area is 116 Å². The van der Waals surface area contributed by atoms with Crippen molar-refractivity contribution in [1.82, 2.24) is 0 Å². The third kappa shape index (κ3) is 2.46. The van der Waals surface area contributed by atoms with Gasteiger partial charge >= 0.3 is 0 Å². The summed E-state index contributed by atoms with van der Waals surface area (Å²) in [6.07, 6.45) is 6.02. The SMILES string of the molecule is COC1=CC=CC/C1=[N+](/O)c1cccc(OC)c1NO. The largest absolute Gasteiger partial charge is 0.494 e. The van der Waals surface area contributed by atoms with Crippen LogP contribution in [0.1, 0.15) is 6.42 Å². The lowest BCUT2D eigenvalue weighted by atomic mass is 10.1. The van der Waals surface area contributed by atoms with Gasteiger partial charge in [0, 0.05) is 10.8 Å². The number of para-hydroxylation sites is 1. The summed E-state index contributed by atoms with van der Waals surface area (Å²) < 4.78 is 11.3. The van der Waals surface area contributed by atoms with E-state index in [4.69, 9.17) is 9.47 Å². The quantitative estimate of drug-likeness (QED) is 0.448. The maximum atomic E-state index is 10.4. The molecule has 0 fully saturated rings. The second kappa shape index (κ2) is 6.12. The Balaban J connectivity index is 2.56. The summed E-state index contributed by atoms with van der Waals surface area (Å²) in [5.41, 5.74) is 3.25. The van der Waals surface area contributed by atoms with E-state index in [0.29, 0.717) is 29.3 Å². The highest BCUT2D eigenvalue weighted by Crippen LogP contribution is 2.34. The molecule has 0 radical (unpaired) electrons. The molecule has 0 aromatic heterocycles. The number of anilines is 1. The summed E-state index contributed by atoms with van der Waals surface area (Å²) >= 11 is 0. The van der Waals surface area contributed by atoms with Crippen LogP contribution in [0.4, 0.5) is 11.4 Å². The zero-order valence-electron chi connectivity index (χ0n) is 11.3. The van der Waals surface area contributed by atoms with Crippen LogP contribution < -0.4 is 10.2 Å². The van der Waals surface area contributed by atoms with Gasteiger partial charge in [-0.2, -0.15) is 0 Å². The second-order valence-corrected chi connectivity index (χ2v) is 4.09. The molecule has 2 rings (SSSR count). The van der Waals surface area contributed by atoms with Crippen LogP contribution in [0, 0.1) is 0 Å². The van der Waals surface area contributed by atoms with E-state index in [1.54, 1.807) is 24.3 Å². The Hall–Kier alpha value is -2.47. The number of allylic oxidation sites excluding steroid dienone is 4. The molecule has 0 heterocycles. The lowest BCUT2D eigenvalue weighted by Gasteiger charge is -2.11. The molecular weight excluding hydrogens is 260 g/mol. The monoisotopic (exact) mass is 277 g/mol. The molecule has 1 aromatic carbocycles. The third-order valence-electron chi connectivity index (χ3n) is 3.02. The summed E-state index contributed by atoms with van der Waals surface area (Å²) in [5, 5.41) is 19.7. The molecule has 3 N–H and O–H groups in total. The molecule has 0 spiro atoms. The van der Waals surface area contributed by atoms with E-state index in [9.17, 15) is 10.4 Å². The third-order valence-corrected chi connectivity index (χ3v) is 3.02. The van der Waals surface area contributed by atoms with E-state index in [-0.39, 0.29) is 5.69 Å². The van der Waals surface area contributed by atoms with Gasteiger partial charge in [-0.3, -0.25) is 15.9 Å². The second-order valence-electron chi connectivity index (χ2n) is 4.09. The first-order valence-electron chi connectivity index (χ1n) is 6.06. The van der Waals surface area contributed by atoms with E-state index < -0.39 is 0 Å². The summed E-state index contributed by atoms with van der Waals surface area (Å²) in [4.78, 5) is 0. The van der Waals surface area contributed by atoms with Crippen LogP contribution >= 0.6 is 0 Å². The van der Waals surface area contributed by atoms with Crippen molar-refractivity contribution in [1.29, 1.82) is 0 Å². The Morgan fingerprint density at radius 2 is 2.05 bits per heavy atom. The maximum Gasteiger partial charge on any atom is 0.286 e. The number of rotatable bonds is 4. The topological polar surface area (TPSA) is 74.0 Å². The molecule has 20 heavy (non-hydrogen) atoms. The fraction of sp³-hybridized carbons (Fsp3) is 0.214. The smallest absolute Gasteiger partial charge is 0.286 e. The van der Waals surface area contributed by atoms with E-state index in [1.165, 1.54) is 14.2 Å². The van der Waals surface area contributed by atoms with Crippen LogP contribution in [0.3, 0.4) is 0 Å². The van der Waals surface area contributed by atoms with Crippen molar-refractivity contribution in [2.24, 2.45) is 0 Å². The minimum atomic E-state index is 0.273. The van der Waals surface area contributed by atoms with Crippen LogP contribution in [0.15, 0.2) is 42.2 Å². The van der Waals surface area contributed by atoms with Crippen LogP contribution in [0.5, 0.6) is 5.75 Å². The van der Waals surface area contributed by atoms with Gasteiger partial charge in [-0.05, 0) is 12.1 Å². The van der Waals surface area contributed by atoms with Crippen molar-refractivity contribution in [2.75, 3.05) is 19.7 Å². The summed E-state index contributed by atoms with van der Waals surface area (Å²) in [7, 11) is 3.02. The van der Waals surface area contributed by atoms with E-state index in [1.807, 2.05) is 17.6 Å². The number of methoxy groups -OCH3 is 2. The van der Waals surface area contributed by atoms with E-state index in [0.717, 1.165) is 4.74 Å². The van der Waals surface area contributed by atoms with Gasteiger partial charge in [-0.1, -0.05) is 18.2 Å². The molecule has 0 amide bonds. The first-order valence-corrected chi connectivity index (χ1v) is 6.06. The molecule has 6 heteroatoms. The van der Waals surface area contributed by atoms with Crippen molar-refractivity contribution >= 4 is 17.1 Å². The molecule has 0 unspecified atom stereocenters. The minimum absolute atomic E-state index is 0.273. The number of ether oxygens (including phenoxy) is 2. The molecule has 0 bridgehead atoms. The highest BCUT2D eigenvalue weighted by Gasteiger charge is 2.27. The predicted octanol–water partition coefficient (Wildman–Crippen LogP) is 2.46. The Kier molecular flexibility index (Phi) is 4.27. The first kappa shape index (κ1) is 14.0. The van der Waals surface area contributed by atoms with Gasteiger partial charge < -0.3 is 9.47 Å². The number of hydrogen-bond donors (Lipinski definition) is 3. The fourth-order valence-electron chi connectivity index (χ4n) is 2.03. The highest BCUT2D eigenvalue weighted by atomic mass is 16.5. The van der Waals surface area contributed by atoms with Gasteiger partial charge in [0.1, 0.15) is 0 Å². The van der Waals surface area contributed by atoms with Crippen LogP contribution in [-0.4, -0.2) is 35.1 Å². The Bertz CT molecular complexity index is 591. The van der Waals surface area contributed by atoms with Gasteiger partial charge in [-0.25, -0.2) is 0 Å².